The molecule has 2 bridgehead atoms. The van der Waals surface area contributed by atoms with Crippen molar-refractivity contribution in [1.29, 1.82) is 0 Å². The monoisotopic (exact) mass is 293 g/mol. The van der Waals surface area contributed by atoms with Gasteiger partial charge < -0.3 is 14.5 Å². The normalized spacial score (nSPS) is 32.6. The summed E-state index contributed by atoms with van der Waals surface area (Å²) < 4.78 is 5.49. The molecule has 2 saturated heterocycles. The topological polar surface area (TPSA) is 62.4 Å². The highest BCUT2D eigenvalue weighted by Gasteiger charge is 2.40. The molecule has 3 rings (SSSR count). The molecule has 2 fully saturated rings. The van der Waals surface area contributed by atoms with Gasteiger partial charge in [-0.1, -0.05) is 19.0 Å². The molecule has 21 heavy (non-hydrogen) atoms. The average molecular weight is 293 g/mol. The molecule has 3 heterocycles. The first-order valence-electron chi connectivity index (χ1n) is 8.20. The van der Waals surface area contributed by atoms with E-state index >= 15 is 0 Å². The maximum Gasteiger partial charge on any atom is 0.232 e. The minimum absolute atomic E-state index is 0.0748. The number of aromatic nitrogens is 2. The second-order valence-electron chi connectivity index (χ2n) is 7.22. The quantitative estimate of drug-likeness (QED) is 0.924. The zero-order valence-electron chi connectivity index (χ0n) is 13.5. The first-order valence-corrected chi connectivity index (χ1v) is 8.20. The van der Waals surface area contributed by atoms with Crippen molar-refractivity contribution in [2.24, 2.45) is 5.92 Å². The van der Waals surface area contributed by atoms with Crippen molar-refractivity contribution in [2.75, 3.05) is 7.05 Å². The predicted octanol–water partition coefficient (Wildman–Crippen LogP) is 2.53. The zero-order chi connectivity index (χ0) is 15.1. The highest BCUT2D eigenvalue weighted by molar-refractivity contribution is 5.07. The standard InChI is InChI=1S/C16H27N3O2/c1-9(2)14(10(3)20)16-17-15(18-21-16)11-7-12-5-6-13(8-11)19(12)4/h9-14,20H,5-8H2,1-4H3. The molecule has 4 atom stereocenters. The third-order valence-corrected chi connectivity index (χ3v) is 5.44. The smallest absolute Gasteiger partial charge is 0.232 e. The summed E-state index contributed by atoms with van der Waals surface area (Å²) in [7, 11) is 2.24. The van der Waals surface area contributed by atoms with E-state index in [0.29, 0.717) is 23.9 Å². The van der Waals surface area contributed by atoms with Crippen LogP contribution in [0.25, 0.3) is 0 Å². The van der Waals surface area contributed by atoms with E-state index in [0.717, 1.165) is 18.7 Å². The highest BCUT2D eigenvalue weighted by atomic mass is 16.5. The third kappa shape index (κ3) is 2.73. The van der Waals surface area contributed by atoms with Crippen LogP contribution in [0.15, 0.2) is 4.52 Å². The molecule has 0 radical (unpaired) electrons. The van der Waals surface area contributed by atoms with Gasteiger partial charge in [-0.15, -0.1) is 0 Å². The first-order chi connectivity index (χ1) is 9.97. The van der Waals surface area contributed by atoms with Crippen LogP contribution < -0.4 is 0 Å². The molecule has 5 nitrogen and oxygen atoms in total. The summed E-state index contributed by atoms with van der Waals surface area (Å²) in [4.78, 5) is 7.16. The summed E-state index contributed by atoms with van der Waals surface area (Å²) >= 11 is 0. The molecule has 2 aliphatic heterocycles. The van der Waals surface area contributed by atoms with E-state index in [2.05, 4.69) is 35.9 Å². The van der Waals surface area contributed by atoms with E-state index in [4.69, 9.17) is 4.52 Å². The molecule has 1 aromatic heterocycles. The van der Waals surface area contributed by atoms with Crippen molar-refractivity contribution in [3.05, 3.63) is 11.7 Å². The van der Waals surface area contributed by atoms with Crippen LogP contribution in [0.1, 0.15) is 70.0 Å². The Balaban J connectivity index is 1.76. The van der Waals surface area contributed by atoms with Gasteiger partial charge in [0, 0.05) is 18.0 Å². The van der Waals surface area contributed by atoms with Crippen LogP contribution in [0.2, 0.25) is 0 Å². The van der Waals surface area contributed by atoms with Crippen molar-refractivity contribution in [3.63, 3.8) is 0 Å². The van der Waals surface area contributed by atoms with Gasteiger partial charge in [-0.2, -0.15) is 4.98 Å². The van der Waals surface area contributed by atoms with Gasteiger partial charge in [0.05, 0.1) is 12.0 Å². The fraction of sp³-hybridized carbons (Fsp3) is 0.875. The largest absolute Gasteiger partial charge is 0.393 e. The molecule has 0 amide bonds. The van der Waals surface area contributed by atoms with E-state index < -0.39 is 6.10 Å². The molecular formula is C16H27N3O2. The highest BCUT2D eigenvalue weighted by Crippen LogP contribution is 2.41. The molecule has 0 spiro atoms. The van der Waals surface area contributed by atoms with Crippen LogP contribution in [0.3, 0.4) is 0 Å². The van der Waals surface area contributed by atoms with Crippen LogP contribution in [0.5, 0.6) is 0 Å². The van der Waals surface area contributed by atoms with Crippen molar-refractivity contribution in [1.82, 2.24) is 15.0 Å². The van der Waals surface area contributed by atoms with E-state index in [1.54, 1.807) is 6.92 Å². The van der Waals surface area contributed by atoms with E-state index in [1.165, 1.54) is 12.8 Å². The van der Waals surface area contributed by atoms with Gasteiger partial charge in [-0.3, -0.25) is 0 Å². The number of piperidine rings is 1. The fourth-order valence-corrected chi connectivity index (χ4v) is 4.22. The van der Waals surface area contributed by atoms with E-state index in [9.17, 15) is 5.11 Å². The summed E-state index contributed by atoms with van der Waals surface area (Å²) in [5.74, 6) is 2.07. The van der Waals surface area contributed by atoms with Crippen molar-refractivity contribution >= 4 is 0 Å². The number of rotatable bonds is 4. The molecule has 118 valence electrons. The van der Waals surface area contributed by atoms with Gasteiger partial charge in [0.1, 0.15) is 0 Å². The average Bonchev–Trinajstić information content (AvgIpc) is 2.92. The van der Waals surface area contributed by atoms with Crippen molar-refractivity contribution in [3.8, 4) is 0 Å². The number of nitrogens with zero attached hydrogens (tertiary/aromatic N) is 3. The number of fused-ring (bicyclic) bond motifs is 2. The zero-order valence-corrected chi connectivity index (χ0v) is 13.5. The predicted molar refractivity (Wildman–Crippen MR) is 80.1 cm³/mol. The van der Waals surface area contributed by atoms with Crippen LogP contribution in [0, 0.1) is 5.92 Å². The van der Waals surface area contributed by atoms with Gasteiger partial charge in [-0.05, 0) is 45.6 Å². The van der Waals surface area contributed by atoms with Crippen LogP contribution in [-0.4, -0.2) is 45.4 Å². The number of hydrogen-bond acceptors (Lipinski definition) is 5. The summed E-state index contributed by atoms with van der Waals surface area (Å²) in [5.41, 5.74) is 0. The molecule has 1 aromatic rings. The summed E-state index contributed by atoms with van der Waals surface area (Å²) in [6.07, 6.45) is 4.39. The van der Waals surface area contributed by atoms with Crippen molar-refractivity contribution < 1.29 is 9.63 Å². The van der Waals surface area contributed by atoms with Gasteiger partial charge in [0.2, 0.25) is 5.89 Å². The molecule has 5 heteroatoms. The maximum absolute atomic E-state index is 9.95. The lowest BCUT2D eigenvalue weighted by atomic mass is 9.89. The first kappa shape index (κ1) is 15.0. The van der Waals surface area contributed by atoms with Crippen molar-refractivity contribution in [2.45, 2.75) is 76.5 Å². The molecule has 0 aromatic carbocycles. The summed E-state index contributed by atoms with van der Waals surface area (Å²) in [6, 6.07) is 1.35. The summed E-state index contributed by atoms with van der Waals surface area (Å²) in [6.45, 7) is 5.96. The lowest BCUT2D eigenvalue weighted by Gasteiger charge is -2.34. The molecule has 2 aliphatic rings. The van der Waals surface area contributed by atoms with Gasteiger partial charge in [0.15, 0.2) is 5.82 Å². The van der Waals surface area contributed by atoms with E-state index in [-0.39, 0.29) is 11.8 Å². The van der Waals surface area contributed by atoms with Gasteiger partial charge >= 0.3 is 0 Å². The van der Waals surface area contributed by atoms with Crippen LogP contribution in [-0.2, 0) is 0 Å². The minimum atomic E-state index is -0.466. The third-order valence-electron chi connectivity index (χ3n) is 5.44. The Morgan fingerprint density at radius 2 is 1.81 bits per heavy atom. The Bertz CT molecular complexity index is 464. The molecule has 4 unspecified atom stereocenters. The van der Waals surface area contributed by atoms with E-state index in [1.807, 2.05) is 0 Å². The van der Waals surface area contributed by atoms with Crippen LogP contribution in [0.4, 0.5) is 0 Å². The lowest BCUT2D eigenvalue weighted by Crippen LogP contribution is -2.39. The maximum atomic E-state index is 9.95. The Labute approximate surface area is 126 Å². The minimum Gasteiger partial charge on any atom is -0.393 e. The van der Waals surface area contributed by atoms with Crippen LogP contribution >= 0.6 is 0 Å². The molecule has 1 N–H and O–H groups in total. The second kappa shape index (κ2) is 5.69. The summed E-state index contributed by atoms with van der Waals surface area (Å²) in [5, 5.41) is 14.2. The number of aliphatic hydroxyl groups excluding tert-OH is 1. The SMILES string of the molecule is CC(C)C(c1nc(C2CC3CCC(C2)N3C)no1)C(C)O. The van der Waals surface area contributed by atoms with Gasteiger partial charge in [0.25, 0.3) is 0 Å². The number of hydrogen-bond donors (Lipinski definition) is 1. The molecule has 0 aliphatic carbocycles. The lowest BCUT2D eigenvalue weighted by molar-refractivity contribution is 0.120. The molecule has 0 saturated carbocycles. The second-order valence-corrected chi connectivity index (χ2v) is 7.22. The molecular weight excluding hydrogens is 266 g/mol. The Morgan fingerprint density at radius 3 is 2.33 bits per heavy atom. The Kier molecular flexibility index (Phi) is 4.06. The van der Waals surface area contributed by atoms with Gasteiger partial charge in [-0.25, -0.2) is 0 Å². The Hall–Kier alpha value is -0.940. The Morgan fingerprint density at radius 1 is 1.19 bits per heavy atom. The number of aliphatic hydroxyl groups is 1. The fourth-order valence-electron chi connectivity index (χ4n) is 4.22.